The van der Waals surface area contributed by atoms with E-state index in [1.54, 1.807) is 0 Å². The summed E-state index contributed by atoms with van der Waals surface area (Å²) in [6.45, 7) is 5.71. The summed E-state index contributed by atoms with van der Waals surface area (Å²) in [5.74, 6) is 1.53. The van der Waals surface area contributed by atoms with Crippen LogP contribution in [-0.4, -0.2) is 41.4 Å². The predicted octanol–water partition coefficient (Wildman–Crippen LogP) is 1.81. The molecule has 0 radical (unpaired) electrons. The molecule has 0 amide bonds. The number of nitrogens with zero attached hydrogens (tertiary/aromatic N) is 2. The lowest BCUT2D eigenvalue weighted by molar-refractivity contribution is 0.0922. The van der Waals surface area contributed by atoms with Gasteiger partial charge < -0.3 is 15.2 Å². The van der Waals surface area contributed by atoms with E-state index >= 15 is 0 Å². The van der Waals surface area contributed by atoms with Gasteiger partial charge in [0.25, 0.3) is 0 Å². The molecule has 1 aromatic rings. The Labute approximate surface area is 113 Å². The third-order valence-corrected chi connectivity index (χ3v) is 2.81. The van der Waals surface area contributed by atoms with Crippen molar-refractivity contribution in [3.8, 4) is 0 Å². The van der Waals surface area contributed by atoms with Crippen LogP contribution < -0.4 is 5.32 Å². The number of anilines is 1. The molecule has 0 aromatic carbocycles. The number of ether oxygens (including phenoxy) is 1. The van der Waals surface area contributed by atoms with Crippen molar-refractivity contribution in [2.75, 3.05) is 31.7 Å². The van der Waals surface area contributed by atoms with Gasteiger partial charge in [-0.1, -0.05) is 18.5 Å². The Kier molecular flexibility index (Phi) is 6.93. The monoisotopic (exact) mass is 273 g/mol. The lowest BCUT2D eigenvalue weighted by atomic mass is 10.3. The molecule has 1 aromatic heterocycles. The Balaban J connectivity index is 2.44. The highest BCUT2D eigenvalue weighted by Crippen LogP contribution is 2.19. The van der Waals surface area contributed by atoms with E-state index in [0.29, 0.717) is 18.4 Å². The molecule has 102 valence electrons. The second-order valence-corrected chi connectivity index (χ2v) is 4.23. The molecule has 0 saturated carbocycles. The second kappa shape index (κ2) is 8.24. The Morgan fingerprint density at radius 2 is 2.11 bits per heavy atom. The zero-order valence-corrected chi connectivity index (χ0v) is 11.6. The average Bonchev–Trinajstić information content (AvgIpc) is 2.38. The molecule has 6 heteroatoms. The maximum atomic E-state index is 8.55. The molecule has 2 N–H and O–H groups in total. The van der Waals surface area contributed by atoms with Crippen LogP contribution in [-0.2, 0) is 11.2 Å². The smallest absolute Gasteiger partial charge is 0.137 e. The first-order chi connectivity index (χ1) is 8.69. The van der Waals surface area contributed by atoms with Crippen molar-refractivity contribution >= 4 is 17.4 Å². The van der Waals surface area contributed by atoms with Crippen molar-refractivity contribution in [3.63, 3.8) is 0 Å². The van der Waals surface area contributed by atoms with E-state index in [0.717, 1.165) is 36.6 Å². The summed E-state index contributed by atoms with van der Waals surface area (Å²) < 4.78 is 5.17. The summed E-state index contributed by atoms with van der Waals surface area (Å²) in [5, 5.41) is 12.3. The van der Waals surface area contributed by atoms with Crippen LogP contribution in [0, 0.1) is 6.92 Å². The van der Waals surface area contributed by atoms with Crippen LogP contribution in [0.25, 0.3) is 0 Å². The maximum absolute atomic E-state index is 8.55. The summed E-state index contributed by atoms with van der Waals surface area (Å²) in [4.78, 5) is 8.58. The summed E-state index contributed by atoms with van der Waals surface area (Å²) >= 11 is 6.04. The lowest BCUT2D eigenvalue weighted by Crippen LogP contribution is -2.11. The van der Waals surface area contributed by atoms with Gasteiger partial charge in [-0.2, -0.15) is 0 Å². The van der Waals surface area contributed by atoms with Crippen molar-refractivity contribution < 1.29 is 9.84 Å². The summed E-state index contributed by atoms with van der Waals surface area (Å²) in [6, 6.07) is 0. The van der Waals surface area contributed by atoms with Gasteiger partial charge in [-0.05, 0) is 13.3 Å². The first-order valence-corrected chi connectivity index (χ1v) is 6.52. The van der Waals surface area contributed by atoms with E-state index in [1.165, 1.54) is 0 Å². The normalized spacial score (nSPS) is 10.7. The fourth-order valence-electron chi connectivity index (χ4n) is 1.41. The van der Waals surface area contributed by atoms with Gasteiger partial charge in [-0.25, -0.2) is 9.97 Å². The first-order valence-electron chi connectivity index (χ1n) is 6.14. The van der Waals surface area contributed by atoms with E-state index in [1.807, 2.05) is 13.8 Å². The average molecular weight is 274 g/mol. The van der Waals surface area contributed by atoms with Gasteiger partial charge in [0.1, 0.15) is 16.8 Å². The van der Waals surface area contributed by atoms with E-state index in [9.17, 15) is 0 Å². The van der Waals surface area contributed by atoms with E-state index in [-0.39, 0.29) is 6.61 Å². The van der Waals surface area contributed by atoms with Crippen molar-refractivity contribution in [1.29, 1.82) is 0 Å². The maximum Gasteiger partial charge on any atom is 0.137 e. The molecule has 0 aliphatic heterocycles. The number of rotatable bonds is 8. The van der Waals surface area contributed by atoms with Crippen LogP contribution in [0.4, 0.5) is 5.82 Å². The molecule has 0 fully saturated rings. The van der Waals surface area contributed by atoms with Crippen molar-refractivity contribution in [2.24, 2.45) is 0 Å². The Morgan fingerprint density at radius 1 is 1.33 bits per heavy atom. The number of aromatic nitrogens is 2. The summed E-state index contributed by atoms with van der Waals surface area (Å²) in [5.41, 5.74) is 0.866. The van der Waals surface area contributed by atoms with Gasteiger partial charge >= 0.3 is 0 Å². The number of aliphatic hydroxyl groups is 1. The van der Waals surface area contributed by atoms with Crippen molar-refractivity contribution in [2.45, 2.75) is 26.7 Å². The summed E-state index contributed by atoms with van der Waals surface area (Å²) in [7, 11) is 0. The van der Waals surface area contributed by atoms with E-state index in [4.69, 9.17) is 21.4 Å². The fraction of sp³-hybridized carbons (Fsp3) is 0.667. The second-order valence-electron chi connectivity index (χ2n) is 3.87. The van der Waals surface area contributed by atoms with Crippen LogP contribution in [0.5, 0.6) is 0 Å². The molecular formula is C12H20ClN3O2. The SMILES string of the molecule is CCc1nc(Cl)c(C)c(NCCCOCCO)n1. The number of nitrogens with one attached hydrogen (secondary N) is 1. The zero-order valence-electron chi connectivity index (χ0n) is 10.9. The molecule has 1 heterocycles. The number of aryl methyl sites for hydroxylation is 1. The fourth-order valence-corrected chi connectivity index (χ4v) is 1.60. The van der Waals surface area contributed by atoms with Crippen LogP contribution in [0.15, 0.2) is 0 Å². The number of hydrogen-bond acceptors (Lipinski definition) is 5. The molecule has 0 spiro atoms. The third-order valence-electron chi connectivity index (χ3n) is 2.44. The van der Waals surface area contributed by atoms with Gasteiger partial charge in [0.05, 0.1) is 13.2 Å². The number of hydrogen-bond donors (Lipinski definition) is 2. The van der Waals surface area contributed by atoms with Crippen molar-refractivity contribution in [3.05, 3.63) is 16.5 Å². The minimum atomic E-state index is 0.0634. The quantitative estimate of drug-likeness (QED) is 0.559. The molecule has 0 bridgehead atoms. The minimum absolute atomic E-state index is 0.0634. The van der Waals surface area contributed by atoms with Crippen LogP contribution in [0.2, 0.25) is 5.15 Å². The zero-order chi connectivity index (χ0) is 13.4. The highest BCUT2D eigenvalue weighted by atomic mass is 35.5. The van der Waals surface area contributed by atoms with Gasteiger partial charge in [0, 0.05) is 25.1 Å². The molecule has 0 aliphatic rings. The molecule has 0 aliphatic carbocycles. The Hall–Kier alpha value is -0.910. The van der Waals surface area contributed by atoms with Crippen LogP contribution >= 0.6 is 11.6 Å². The highest BCUT2D eigenvalue weighted by molar-refractivity contribution is 6.30. The van der Waals surface area contributed by atoms with Gasteiger partial charge in [-0.3, -0.25) is 0 Å². The van der Waals surface area contributed by atoms with Crippen LogP contribution in [0.3, 0.4) is 0 Å². The van der Waals surface area contributed by atoms with Crippen LogP contribution in [0.1, 0.15) is 24.7 Å². The summed E-state index contributed by atoms with van der Waals surface area (Å²) in [6.07, 6.45) is 1.61. The van der Waals surface area contributed by atoms with Crippen molar-refractivity contribution in [1.82, 2.24) is 9.97 Å². The van der Waals surface area contributed by atoms with Gasteiger partial charge in [0.2, 0.25) is 0 Å². The molecule has 0 atom stereocenters. The van der Waals surface area contributed by atoms with Gasteiger partial charge in [-0.15, -0.1) is 0 Å². The lowest BCUT2D eigenvalue weighted by Gasteiger charge is -2.10. The molecular weight excluding hydrogens is 254 g/mol. The first kappa shape index (κ1) is 15.1. The Morgan fingerprint density at radius 3 is 2.78 bits per heavy atom. The number of aliphatic hydroxyl groups excluding tert-OH is 1. The molecule has 1 rings (SSSR count). The van der Waals surface area contributed by atoms with E-state index < -0.39 is 0 Å². The minimum Gasteiger partial charge on any atom is -0.394 e. The molecule has 5 nitrogen and oxygen atoms in total. The number of halogens is 1. The molecule has 18 heavy (non-hydrogen) atoms. The largest absolute Gasteiger partial charge is 0.394 e. The molecule has 0 unspecified atom stereocenters. The Bertz CT molecular complexity index is 375. The third kappa shape index (κ3) is 4.76. The highest BCUT2D eigenvalue weighted by Gasteiger charge is 2.07. The standard InChI is InChI=1S/C12H20ClN3O2/c1-3-10-15-11(13)9(2)12(16-10)14-5-4-7-18-8-6-17/h17H,3-8H2,1-2H3,(H,14,15,16). The predicted molar refractivity (Wildman–Crippen MR) is 72.2 cm³/mol. The molecule has 0 saturated heterocycles. The van der Waals surface area contributed by atoms with Gasteiger partial charge in [0.15, 0.2) is 0 Å². The van der Waals surface area contributed by atoms with E-state index in [2.05, 4.69) is 15.3 Å². The topological polar surface area (TPSA) is 67.3 Å².